The first-order chi connectivity index (χ1) is 7.61. The third kappa shape index (κ3) is 2.72. The molecule has 0 aromatic carbocycles. The Morgan fingerprint density at radius 1 is 1.12 bits per heavy atom. The van der Waals surface area contributed by atoms with Gasteiger partial charge in [-0.05, 0) is 12.8 Å². The molecule has 0 aliphatic heterocycles. The van der Waals surface area contributed by atoms with Gasteiger partial charge in [0.1, 0.15) is 0 Å². The highest BCUT2D eigenvalue weighted by atomic mass is 16.5. The van der Waals surface area contributed by atoms with Crippen LogP contribution in [-0.4, -0.2) is 37.4 Å². The summed E-state index contributed by atoms with van der Waals surface area (Å²) in [6.45, 7) is 0. The van der Waals surface area contributed by atoms with Crippen LogP contribution < -0.4 is 0 Å². The highest BCUT2D eigenvalue weighted by Crippen LogP contribution is 2.31. The van der Waals surface area contributed by atoms with Crippen molar-refractivity contribution in [3.05, 3.63) is 0 Å². The van der Waals surface area contributed by atoms with Crippen LogP contribution in [0.1, 0.15) is 25.7 Å². The van der Waals surface area contributed by atoms with Gasteiger partial charge in [0.25, 0.3) is 0 Å². The topological polar surface area (TPSA) is 72.8 Å². The van der Waals surface area contributed by atoms with Gasteiger partial charge >= 0.3 is 11.9 Å². The first-order valence-corrected chi connectivity index (χ1v) is 5.45. The zero-order valence-corrected chi connectivity index (χ0v) is 9.64. The maximum atomic E-state index is 11.5. The van der Waals surface area contributed by atoms with Gasteiger partial charge in [-0.25, -0.2) is 0 Å². The van der Waals surface area contributed by atoms with Gasteiger partial charge in [-0.3, -0.25) is 9.59 Å². The van der Waals surface area contributed by atoms with Crippen LogP contribution in [0.15, 0.2) is 0 Å². The molecule has 2 unspecified atom stereocenters. The summed E-state index contributed by atoms with van der Waals surface area (Å²) in [5.41, 5.74) is 0. The molecule has 0 saturated heterocycles. The Balaban J connectivity index is 2.81. The first-order valence-electron chi connectivity index (χ1n) is 5.45. The fourth-order valence-electron chi connectivity index (χ4n) is 2.23. The van der Waals surface area contributed by atoms with Crippen molar-refractivity contribution in [2.45, 2.75) is 31.8 Å². The molecule has 2 atom stereocenters. The maximum Gasteiger partial charge on any atom is 0.320 e. The number of carbonyl (C=O) groups excluding carboxylic acids is 2. The Labute approximate surface area is 94.7 Å². The minimum Gasteiger partial charge on any atom is -0.468 e. The number of methoxy groups -OCH3 is 2. The monoisotopic (exact) mass is 230 g/mol. The quantitative estimate of drug-likeness (QED) is 0.564. The van der Waals surface area contributed by atoms with Gasteiger partial charge in [0.05, 0.1) is 20.3 Å². The molecule has 0 aromatic heterocycles. The van der Waals surface area contributed by atoms with Crippen molar-refractivity contribution in [2.75, 3.05) is 14.2 Å². The molecular weight excluding hydrogens is 212 g/mol. The Kier molecular flexibility index (Phi) is 4.73. The summed E-state index contributed by atoms with van der Waals surface area (Å²) in [4.78, 5) is 23.0. The summed E-state index contributed by atoms with van der Waals surface area (Å²) < 4.78 is 9.17. The highest BCUT2D eigenvalue weighted by Gasteiger charge is 2.41. The number of hydrogen-bond donors (Lipinski definition) is 1. The predicted molar refractivity (Wildman–Crippen MR) is 55.5 cm³/mol. The lowest BCUT2D eigenvalue weighted by Crippen LogP contribution is -2.40. The van der Waals surface area contributed by atoms with Crippen LogP contribution in [0.25, 0.3) is 0 Å². The SMILES string of the molecule is COC(=O)C(C(=O)OC)C1CCCCC1O. The van der Waals surface area contributed by atoms with Crippen LogP contribution in [0, 0.1) is 11.8 Å². The number of ether oxygens (including phenoxy) is 2. The molecule has 1 saturated carbocycles. The average molecular weight is 230 g/mol. The van der Waals surface area contributed by atoms with E-state index in [-0.39, 0.29) is 5.92 Å². The van der Waals surface area contributed by atoms with Gasteiger partial charge in [-0.2, -0.15) is 0 Å². The van der Waals surface area contributed by atoms with Crippen molar-refractivity contribution in [2.24, 2.45) is 11.8 Å². The number of carbonyl (C=O) groups is 2. The van der Waals surface area contributed by atoms with Gasteiger partial charge in [0.2, 0.25) is 0 Å². The lowest BCUT2D eigenvalue weighted by molar-refractivity contribution is -0.165. The number of esters is 2. The molecule has 0 aromatic rings. The smallest absolute Gasteiger partial charge is 0.320 e. The van der Waals surface area contributed by atoms with Crippen molar-refractivity contribution in [1.82, 2.24) is 0 Å². The molecule has 1 N–H and O–H groups in total. The molecule has 16 heavy (non-hydrogen) atoms. The zero-order valence-electron chi connectivity index (χ0n) is 9.64. The van der Waals surface area contributed by atoms with E-state index in [1.165, 1.54) is 14.2 Å². The van der Waals surface area contributed by atoms with E-state index in [1.807, 2.05) is 0 Å². The van der Waals surface area contributed by atoms with Crippen LogP contribution in [0.2, 0.25) is 0 Å². The molecule has 0 spiro atoms. The fourth-order valence-corrected chi connectivity index (χ4v) is 2.23. The van der Waals surface area contributed by atoms with Crippen LogP contribution in [0.3, 0.4) is 0 Å². The third-order valence-electron chi connectivity index (χ3n) is 3.12. The van der Waals surface area contributed by atoms with Crippen molar-refractivity contribution in [1.29, 1.82) is 0 Å². The van der Waals surface area contributed by atoms with Crippen LogP contribution in [0.5, 0.6) is 0 Å². The molecular formula is C11H18O5. The van der Waals surface area contributed by atoms with Crippen molar-refractivity contribution in [3.8, 4) is 0 Å². The van der Waals surface area contributed by atoms with E-state index in [1.54, 1.807) is 0 Å². The average Bonchev–Trinajstić information content (AvgIpc) is 2.31. The molecule has 1 aliphatic rings. The lowest BCUT2D eigenvalue weighted by atomic mass is 9.78. The Morgan fingerprint density at radius 3 is 2.06 bits per heavy atom. The molecule has 1 fully saturated rings. The van der Waals surface area contributed by atoms with E-state index in [0.717, 1.165) is 12.8 Å². The standard InChI is InChI=1S/C11H18O5/c1-15-10(13)9(11(14)16-2)7-5-3-4-6-8(7)12/h7-9,12H,3-6H2,1-2H3. The summed E-state index contributed by atoms with van der Waals surface area (Å²) >= 11 is 0. The number of rotatable bonds is 3. The fraction of sp³-hybridized carbons (Fsp3) is 0.818. The van der Waals surface area contributed by atoms with Crippen molar-refractivity contribution >= 4 is 11.9 Å². The first kappa shape index (κ1) is 13.0. The molecule has 5 nitrogen and oxygen atoms in total. The molecule has 0 amide bonds. The molecule has 1 aliphatic carbocycles. The Hall–Kier alpha value is -1.10. The number of aliphatic hydroxyl groups excluding tert-OH is 1. The van der Waals surface area contributed by atoms with Gasteiger partial charge in [-0.15, -0.1) is 0 Å². The van der Waals surface area contributed by atoms with Gasteiger partial charge < -0.3 is 14.6 Å². The minimum absolute atomic E-state index is 0.381. The summed E-state index contributed by atoms with van der Waals surface area (Å²) in [5, 5.41) is 9.81. The molecule has 0 bridgehead atoms. The molecule has 92 valence electrons. The summed E-state index contributed by atoms with van der Waals surface area (Å²) in [5.74, 6) is -2.63. The Bertz CT molecular complexity index is 247. The van der Waals surface area contributed by atoms with Gasteiger partial charge in [-0.1, -0.05) is 12.8 Å². The molecule has 1 rings (SSSR count). The molecule has 0 radical (unpaired) electrons. The number of aliphatic hydroxyl groups is 1. The predicted octanol–water partition coefficient (Wildman–Crippen LogP) is 0.500. The van der Waals surface area contributed by atoms with Crippen LogP contribution in [-0.2, 0) is 19.1 Å². The van der Waals surface area contributed by atoms with Crippen molar-refractivity contribution in [3.63, 3.8) is 0 Å². The van der Waals surface area contributed by atoms with E-state index in [9.17, 15) is 14.7 Å². The van der Waals surface area contributed by atoms with Gasteiger partial charge in [0.15, 0.2) is 5.92 Å². The minimum atomic E-state index is -0.995. The summed E-state index contributed by atoms with van der Waals surface area (Å²) in [6.07, 6.45) is 2.47. The van der Waals surface area contributed by atoms with E-state index in [0.29, 0.717) is 12.8 Å². The van der Waals surface area contributed by atoms with Gasteiger partial charge in [0, 0.05) is 5.92 Å². The number of hydrogen-bond acceptors (Lipinski definition) is 5. The van der Waals surface area contributed by atoms with E-state index in [2.05, 4.69) is 9.47 Å². The van der Waals surface area contributed by atoms with E-state index >= 15 is 0 Å². The van der Waals surface area contributed by atoms with E-state index < -0.39 is 24.0 Å². The summed E-state index contributed by atoms with van der Waals surface area (Å²) in [6, 6.07) is 0. The second-order valence-electron chi connectivity index (χ2n) is 4.04. The second kappa shape index (κ2) is 5.84. The molecule has 5 heteroatoms. The maximum absolute atomic E-state index is 11.5. The highest BCUT2D eigenvalue weighted by molar-refractivity contribution is 5.95. The van der Waals surface area contributed by atoms with E-state index in [4.69, 9.17) is 0 Å². The van der Waals surface area contributed by atoms with Crippen LogP contribution >= 0.6 is 0 Å². The largest absolute Gasteiger partial charge is 0.468 e. The van der Waals surface area contributed by atoms with Crippen molar-refractivity contribution < 1.29 is 24.2 Å². The zero-order chi connectivity index (χ0) is 12.1. The third-order valence-corrected chi connectivity index (χ3v) is 3.12. The lowest BCUT2D eigenvalue weighted by Gasteiger charge is -2.31. The second-order valence-corrected chi connectivity index (χ2v) is 4.04. The Morgan fingerprint density at radius 2 is 1.62 bits per heavy atom. The molecule has 0 heterocycles. The summed E-state index contributed by atoms with van der Waals surface area (Å²) in [7, 11) is 2.46. The normalized spacial score (nSPS) is 25.2. The van der Waals surface area contributed by atoms with Crippen LogP contribution in [0.4, 0.5) is 0 Å².